The van der Waals surface area contributed by atoms with Gasteiger partial charge in [0.1, 0.15) is 6.23 Å². The van der Waals surface area contributed by atoms with Crippen LogP contribution in [0, 0.1) is 0 Å². The first-order valence-electron chi connectivity index (χ1n) is 7.14. The average molecular weight is 263 g/mol. The number of hydrogen-bond donors (Lipinski definition) is 1. The largest absolute Gasteiger partial charge is 0.385 e. The SMILES string of the molecule is COCCC1(c2ccccc2)CCN(C(C)O)CC1. The summed E-state index contributed by atoms with van der Waals surface area (Å²) in [6.07, 6.45) is 2.90. The van der Waals surface area contributed by atoms with Crippen molar-refractivity contribution in [1.82, 2.24) is 4.90 Å². The Hall–Kier alpha value is -0.900. The normalized spacial score (nSPS) is 21.2. The van der Waals surface area contributed by atoms with E-state index in [4.69, 9.17) is 4.74 Å². The molecule has 1 atom stereocenters. The van der Waals surface area contributed by atoms with E-state index in [2.05, 4.69) is 35.2 Å². The van der Waals surface area contributed by atoms with Crippen LogP contribution >= 0.6 is 0 Å². The van der Waals surface area contributed by atoms with Gasteiger partial charge in [0.15, 0.2) is 0 Å². The number of piperidine rings is 1. The molecule has 0 bridgehead atoms. The molecule has 2 rings (SSSR count). The number of aliphatic hydroxyl groups is 1. The second kappa shape index (κ2) is 6.51. The Bertz CT molecular complexity index is 370. The quantitative estimate of drug-likeness (QED) is 0.885. The molecular weight excluding hydrogens is 238 g/mol. The monoisotopic (exact) mass is 263 g/mol. The maximum atomic E-state index is 9.70. The van der Waals surface area contributed by atoms with Crippen LogP contribution in [-0.4, -0.2) is 43.0 Å². The van der Waals surface area contributed by atoms with Gasteiger partial charge in [-0.05, 0) is 37.2 Å². The Labute approximate surface area is 116 Å². The van der Waals surface area contributed by atoms with E-state index in [0.29, 0.717) is 0 Å². The van der Waals surface area contributed by atoms with E-state index in [9.17, 15) is 5.11 Å². The molecule has 3 heteroatoms. The molecule has 0 spiro atoms. The second-order valence-corrected chi connectivity index (χ2v) is 5.56. The molecule has 1 aliphatic heterocycles. The summed E-state index contributed by atoms with van der Waals surface area (Å²) in [6.45, 7) is 4.56. The fraction of sp³-hybridized carbons (Fsp3) is 0.625. The Balaban J connectivity index is 2.14. The molecule has 1 unspecified atom stereocenters. The minimum atomic E-state index is -0.337. The molecule has 0 saturated carbocycles. The highest BCUT2D eigenvalue weighted by atomic mass is 16.5. The van der Waals surface area contributed by atoms with Crippen molar-refractivity contribution in [2.24, 2.45) is 0 Å². The van der Waals surface area contributed by atoms with Gasteiger partial charge in [-0.1, -0.05) is 30.3 Å². The number of nitrogens with zero attached hydrogens (tertiary/aromatic N) is 1. The van der Waals surface area contributed by atoms with Crippen molar-refractivity contribution in [3.05, 3.63) is 35.9 Å². The standard InChI is InChI=1S/C16H25NO2/c1-14(18)17-11-8-16(9-12-17,10-13-19-2)15-6-4-3-5-7-15/h3-7,14,18H,8-13H2,1-2H3. The van der Waals surface area contributed by atoms with Crippen molar-refractivity contribution in [2.45, 2.75) is 37.8 Å². The summed E-state index contributed by atoms with van der Waals surface area (Å²) in [6, 6.07) is 10.8. The first-order valence-corrected chi connectivity index (χ1v) is 7.14. The zero-order valence-corrected chi connectivity index (χ0v) is 12.0. The van der Waals surface area contributed by atoms with E-state index in [1.54, 1.807) is 7.11 Å². The van der Waals surface area contributed by atoms with E-state index in [-0.39, 0.29) is 11.6 Å². The van der Waals surface area contributed by atoms with E-state index in [1.807, 2.05) is 6.92 Å². The number of hydrogen-bond acceptors (Lipinski definition) is 3. The molecule has 1 aromatic carbocycles. The van der Waals surface area contributed by atoms with Crippen LogP contribution in [0.4, 0.5) is 0 Å². The number of rotatable bonds is 5. The first-order chi connectivity index (χ1) is 9.18. The number of aliphatic hydroxyl groups excluding tert-OH is 1. The van der Waals surface area contributed by atoms with Crippen LogP contribution in [0.25, 0.3) is 0 Å². The molecule has 1 fully saturated rings. The van der Waals surface area contributed by atoms with E-state index < -0.39 is 0 Å². The summed E-state index contributed by atoms with van der Waals surface area (Å²) in [5.41, 5.74) is 1.63. The van der Waals surface area contributed by atoms with Gasteiger partial charge < -0.3 is 9.84 Å². The highest BCUT2D eigenvalue weighted by Gasteiger charge is 2.36. The molecule has 0 radical (unpaired) electrons. The summed E-state index contributed by atoms with van der Waals surface area (Å²) in [5.74, 6) is 0. The molecule has 0 aromatic heterocycles. The van der Waals surface area contributed by atoms with Gasteiger partial charge in [0.2, 0.25) is 0 Å². The van der Waals surface area contributed by atoms with Crippen molar-refractivity contribution in [3.63, 3.8) is 0 Å². The van der Waals surface area contributed by atoms with Gasteiger partial charge in [-0.15, -0.1) is 0 Å². The molecule has 3 nitrogen and oxygen atoms in total. The van der Waals surface area contributed by atoms with Crippen LogP contribution in [0.3, 0.4) is 0 Å². The summed E-state index contributed by atoms with van der Waals surface area (Å²) in [5, 5.41) is 9.70. The van der Waals surface area contributed by atoms with E-state index >= 15 is 0 Å². The summed E-state index contributed by atoms with van der Waals surface area (Å²) in [4.78, 5) is 2.15. The lowest BCUT2D eigenvalue weighted by atomic mass is 9.70. The fourth-order valence-corrected chi connectivity index (χ4v) is 3.10. The third kappa shape index (κ3) is 3.35. The molecule has 1 aliphatic rings. The van der Waals surface area contributed by atoms with Crippen molar-refractivity contribution in [3.8, 4) is 0 Å². The lowest BCUT2D eigenvalue weighted by Gasteiger charge is -2.43. The number of methoxy groups -OCH3 is 1. The molecule has 0 amide bonds. The molecule has 1 saturated heterocycles. The van der Waals surface area contributed by atoms with Crippen LogP contribution in [0.5, 0.6) is 0 Å². The third-order valence-corrected chi connectivity index (χ3v) is 4.45. The Morgan fingerprint density at radius 3 is 2.42 bits per heavy atom. The predicted octanol–water partition coefficient (Wildman–Crippen LogP) is 2.40. The molecule has 1 N–H and O–H groups in total. The number of benzene rings is 1. The molecule has 1 heterocycles. The van der Waals surface area contributed by atoms with Crippen molar-refractivity contribution in [2.75, 3.05) is 26.8 Å². The zero-order valence-electron chi connectivity index (χ0n) is 12.0. The number of likely N-dealkylation sites (tertiary alicyclic amines) is 1. The van der Waals surface area contributed by atoms with Gasteiger partial charge in [-0.2, -0.15) is 0 Å². The smallest absolute Gasteiger partial charge is 0.104 e. The van der Waals surface area contributed by atoms with Crippen molar-refractivity contribution < 1.29 is 9.84 Å². The molecule has 0 aliphatic carbocycles. The van der Waals surface area contributed by atoms with Gasteiger partial charge in [0.25, 0.3) is 0 Å². The Morgan fingerprint density at radius 2 is 1.89 bits per heavy atom. The van der Waals surface area contributed by atoms with E-state index in [1.165, 1.54) is 5.56 Å². The summed E-state index contributed by atoms with van der Waals surface area (Å²) in [7, 11) is 1.77. The molecule has 106 valence electrons. The Kier molecular flexibility index (Phi) is 4.97. The minimum absolute atomic E-state index is 0.211. The van der Waals surface area contributed by atoms with Crippen molar-refractivity contribution in [1.29, 1.82) is 0 Å². The van der Waals surface area contributed by atoms with Crippen LogP contribution < -0.4 is 0 Å². The van der Waals surface area contributed by atoms with Crippen LogP contribution in [0.2, 0.25) is 0 Å². The maximum absolute atomic E-state index is 9.70. The fourth-order valence-electron chi connectivity index (χ4n) is 3.10. The first kappa shape index (κ1) is 14.5. The van der Waals surface area contributed by atoms with Crippen LogP contribution in [0.1, 0.15) is 31.7 Å². The van der Waals surface area contributed by atoms with Gasteiger partial charge >= 0.3 is 0 Å². The van der Waals surface area contributed by atoms with Crippen LogP contribution in [0.15, 0.2) is 30.3 Å². The van der Waals surface area contributed by atoms with Crippen LogP contribution in [-0.2, 0) is 10.2 Å². The predicted molar refractivity (Wildman–Crippen MR) is 77.1 cm³/mol. The topological polar surface area (TPSA) is 32.7 Å². The highest BCUT2D eigenvalue weighted by molar-refractivity contribution is 5.26. The molecule has 19 heavy (non-hydrogen) atoms. The zero-order chi connectivity index (χ0) is 13.7. The van der Waals surface area contributed by atoms with Gasteiger partial charge in [0.05, 0.1) is 0 Å². The minimum Gasteiger partial charge on any atom is -0.385 e. The highest BCUT2D eigenvalue weighted by Crippen LogP contribution is 2.38. The second-order valence-electron chi connectivity index (χ2n) is 5.56. The Morgan fingerprint density at radius 1 is 1.26 bits per heavy atom. The lowest BCUT2D eigenvalue weighted by molar-refractivity contribution is -0.0128. The third-order valence-electron chi connectivity index (χ3n) is 4.45. The van der Waals surface area contributed by atoms with Crippen molar-refractivity contribution >= 4 is 0 Å². The lowest BCUT2D eigenvalue weighted by Crippen LogP contribution is -2.46. The average Bonchev–Trinajstić information content (AvgIpc) is 2.46. The molecule has 1 aromatic rings. The summed E-state index contributed by atoms with van der Waals surface area (Å²) < 4.78 is 5.30. The molecular formula is C16H25NO2. The van der Waals surface area contributed by atoms with Gasteiger partial charge in [0, 0.05) is 26.8 Å². The van der Waals surface area contributed by atoms with E-state index in [0.717, 1.165) is 39.0 Å². The van der Waals surface area contributed by atoms with Gasteiger partial charge in [-0.3, -0.25) is 4.90 Å². The van der Waals surface area contributed by atoms with Gasteiger partial charge in [-0.25, -0.2) is 0 Å². The summed E-state index contributed by atoms with van der Waals surface area (Å²) >= 11 is 0. The maximum Gasteiger partial charge on any atom is 0.104 e. The number of ether oxygens (including phenoxy) is 1.